The monoisotopic (exact) mass is 464 g/mol. The zero-order valence-corrected chi connectivity index (χ0v) is 17.8. The number of hydrogen-bond donors (Lipinski definition) is 2. The fraction of sp³-hybridized carbons (Fsp3) is 0.0909. The van der Waals surface area contributed by atoms with E-state index in [1.54, 1.807) is 12.1 Å². The van der Waals surface area contributed by atoms with E-state index < -0.39 is 32.7 Å². The lowest BCUT2D eigenvalue weighted by Crippen LogP contribution is -1.93. The van der Waals surface area contributed by atoms with Crippen LogP contribution in [0, 0.1) is 42.9 Å². The Hall–Kier alpha value is -5.36. The van der Waals surface area contributed by atoms with Gasteiger partial charge in [-0.2, -0.15) is 10.5 Å². The van der Waals surface area contributed by atoms with E-state index in [0.717, 1.165) is 12.1 Å². The molecule has 0 radical (unpaired) electrons. The van der Waals surface area contributed by atoms with Gasteiger partial charge in [0.1, 0.15) is 17.7 Å². The van der Waals surface area contributed by atoms with E-state index in [9.17, 15) is 41.0 Å². The molecule has 0 fully saturated rings. The van der Waals surface area contributed by atoms with E-state index in [4.69, 9.17) is 9.47 Å². The van der Waals surface area contributed by atoms with Crippen LogP contribution in [0.25, 0.3) is 12.2 Å². The standard InChI is InChI=1S/C22H16N4O8/c1-33-19-9-13(7-17(21(19)27)25(29)30)3-5-15(16(11-23)12-24)6-4-14-8-18(26(31)32)22(28)20(10-14)34-2/h3-10,27-28H,1-2H3/b5-3+,6-4+. The molecule has 172 valence electrons. The number of allylic oxidation sites excluding steroid dienone is 4. The Balaban J connectivity index is 2.57. The van der Waals surface area contributed by atoms with E-state index in [1.807, 2.05) is 0 Å². The van der Waals surface area contributed by atoms with Crippen LogP contribution < -0.4 is 9.47 Å². The summed E-state index contributed by atoms with van der Waals surface area (Å²) >= 11 is 0. The number of nitro groups is 2. The molecule has 0 aliphatic carbocycles. The van der Waals surface area contributed by atoms with Crippen molar-refractivity contribution in [3.8, 4) is 35.1 Å². The van der Waals surface area contributed by atoms with Crippen LogP contribution in [-0.2, 0) is 0 Å². The number of aromatic hydroxyl groups is 2. The molecule has 2 N–H and O–H groups in total. The SMILES string of the molecule is COc1cc(/C=C/C(/C=C/c2cc(OC)c(O)c([N+](=O)[O-])c2)=C(C#N)C#N)cc([N+](=O)[O-])c1O. The number of ether oxygens (including phenoxy) is 2. The molecule has 0 bridgehead atoms. The zero-order chi connectivity index (χ0) is 25.4. The maximum Gasteiger partial charge on any atom is 0.315 e. The number of nitrogens with zero attached hydrogens (tertiary/aromatic N) is 4. The van der Waals surface area contributed by atoms with Crippen molar-refractivity contribution in [2.45, 2.75) is 0 Å². The minimum Gasteiger partial charge on any atom is -0.500 e. The van der Waals surface area contributed by atoms with Crippen LogP contribution in [0.4, 0.5) is 11.4 Å². The van der Waals surface area contributed by atoms with Crippen molar-refractivity contribution in [3.63, 3.8) is 0 Å². The highest BCUT2D eigenvalue weighted by Gasteiger charge is 2.20. The van der Waals surface area contributed by atoms with E-state index in [-0.39, 0.29) is 33.8 Å². The van der Waals surface area contributed by atoms with Crippen molar-refractivity contribution in [1.29, 1.82) is 10.5 Å². The van der Waals surface area contributed by atoms with Crippen molar-refractivity contribution >= 4 is 23.5 Å². The quantitative estimate of drug-likeness (QED) is 0.249. The molecule has 12 heteroatoms. The van der Waals surface area contributed by atoms with Crippen molar-refractivity contribution in [1.82, 2.24) is 0 Å². The Kier molecular flexibility index (Phi) is 7.90. The van der Waals surface area contributed by atoms with Gasteiger partial charge in [0.25, 0.3) is 0 Å². The number of benzene rings is 2. The lowest BCUT2D eigenvalue weighted by molar-refractivity contribution is -0.386. The summed E-state index contributed by atoms with van der Waals surface area (Å²) in [6.45, 7) is 0. The zero-order valence-electron chi connectivity index (χ0n) is 17.8. The first-order chi connectivity index (χ1) is 16.2. The van der Waals surface area contributed by atoms with Gasteiger partial charge in [-0.15, -0.1) is 0 Å². The fourth-order valence-electron chi connectivity index (χ4n) is 2.76. The highest BCUT2D eigenvalue weighted by atomic mass is 16.6. The molecule has 0 amide bonds. The molecule has 2 rings (SSSR count). The maximum absolute atomic E-state index is 11.2. The number of methoxy groups -OCH3 is 2. The molecule has 0 heterocycles. The number of phenolic OH excluding ortho intramolecular Hbond substituents is 2. The first kappa shape index (κ1) is 24.9. The van der Waals surface area contributed by atoms with Crippen molar-refractivity contribution < 1.29 is 29.5 Å². The molecule has 0 aliphatic rings. The van der Waals surface area contributed by atoms with E-state index in [1.165, 1.54) is 50.7 Å². The summed E-state index contributed by atoms with van der Waals surface area (Å²) in [5.41, 5.74) is -0.995. The third kappa shape index (κ3) is 5.46. The van der Waals surface area contributed by atoms with Crippen LogP contribution in [0.15, 0.2) is 47.6 Å². The van der Waals surface area contributed by atoms with Gasteiger partial charge in [0, 0.05) is 17.7 Å². The Morgan fingerprint density at radius 2 is 1.24 bits per heavy atom. The van der Waals surface area contributed by atoms with E-state index in [2.05, 4.69) is 0 Å². The van der Waals surface area contributed by atoms with Crippen LogP contribution in [0.5, 0.6) is 23.0 Å². The molecule has 0 aliphatic heterocycles. The van der Waals surface area contributed by atoms with Gasteiger partial charge >= 0.3 is 11.4 Å². The largest absolute Gasteiger partial charge is 0.500 e. The number of nitro benzene ring substituents is 2. The highest BCUT2D eigenvalue weighted by Crippen LogP contribution is 2.38. The van der Waals surface area contributed by atoms with Crippen LogP contribution in [0.1, 0.15) is 11.1 Å². The minimum absolute atomic E-state index is 0.0781. The first-order valence-electron chi connectivity index (χ1n) is 9.18. The topological polar surface area (TPSA) is 193 Å². The van der Waals surface area contributed by atoms with Gasteiger partial charge < -0.3 is 19.7 Å². The van der Waals surface area contributed by atoms with Gasteiger partial charge in [0.15, 0.2) is 11.5 Å². The van der Waals surface area contributed by atoms with Crippen LogP contribution >= 0.6 is 0 Å². The molecule has 0 spiro atoms. The molecular formula is C22H16N4O8. The number of hydrogen-bond acceptors (Lipinski definition) is 10. The molecule has 12 nitrogen and oxygen atoms in total. The summed E-state index contributed by atoms with van der Waals surface area (Å²) in [4.78, 5) is 20.8. The van der Waals surface area contributed by atoms with Crippen LogP contribution in [-0.4, -0.2) is 34.3 Å². The second kappa shape index (κ2) is 10.8. The molecule has 0 saturated carbocycles. The Labute approximate surface area is 192 Å². The van der Waals surface area contributed by atoms with Gasteiger partial charge in [-0.1, -0.05) is 24.3 Å². The molecular weight excluding hydrogens is 448 g/mol. The minimum atomic E-state index is -0.799. The average Bonchev–Trinajstić information content (AvgIpc) is 2.81. The molecule has 2 aromatic rings. The lowest BCUT2D eigenvalue weighted by Gasteiger charge is -2.06. The smallest absolute Gasteiger partial charge is 0.315 e. The molecule has 0 aromatic heterocycles. The second-order valence-corrected chi connectivity index (χ2v) is 6.42. The third-order valence-electron chi connectivity index (χ3n) is 4.41. The Morgan fingerprint density at radius 3 is 1.53 bits per heavy atom. The van der Waals surface area contributed by atoms with Crippen molar-refractivity contribution in [2.75, 3.05) is 14.2 Å². The Bertz CT molecular complexity index is 1230. The highest BCUT2D eigenvalue weighted by molar-refractivity contribution is 5.70. The van der Waals surface area contributed by atoms with Crippen molar-refractivity contribution in [3.05, 3.63) is 78.9 Å². The molecule has 0 unspecified atom stereocenters. The second-order valence-electron chi connectivity index (χ2n) is 6.42. The average molecular weight is 464 g/mol. The van der Waals surface area contributed by atoms with Crippen molar-refractivity contribution in [2.24, 2.45) is 0 Å². The first-order valence-corrected chi connectivity index (χ1v) is 9.18. The fourth-order valence-corrected chi connectivity index (χ4v) is 2.76. The Morgan fingerprint density at radius 1 is 0.853 bits per heavy atom. The molecule has 0 saturated heterocycles. The lowest BCUT2D eigenvalue weighted by atomic mass is 10.0. The summed E-state index contributed by atoms with van der Waals surface area (Å²) in [7, 11) is 2.43. The summed E-state index contributed by atoms with van der Waals surface area (Å²) in [5, 5.41) is 60.7. The predicted octanol–water partition coefficient (Wildman–Crippen LogP) is 4.00. The van der Waals surface area contributed by atoms with Crippen LogP contribution in [0.3, 0.4) is 0 Å². The number of nitriles is 2. The molecule has 34 heavy (non-hydrogen) atoms. The summed E-state index contributed by atoms with van der Waals surface area (Å²) < 4.78 is 9.87. The van der Waals surface area contributed by atoms with Gasteiger partial charge in [0.2, 0.25) is 11.5 Å². The predicted molar refractivity (Wildman–Crippen MR) is 119 cm³/mol. The molecule has 0 atom stereocenters. The van der Waals surface area contributed by atoms with Gasteiger partial charge in [0.05, 0.1) is 24.1 Å². The summed E-state index contributed by atoms with van der Waals surface area (Å²) in [6, 6.07) is 8.20. The normalized spacial score (nSPS) is 10.5. The molecule has 2 aromatic carbocycles. The van der Waals surface area contributed by atoms with E-state index >= 15 is 0 Å². The summed E-state index contributed by atoms with van der Waals surface area (Å²) in [6.07, 6.45) is 5.34. The van der Waals surface area contributed by atoms with Gasteiger partial charge in [-0.3, -0.25) is 20.2 Å². The number of rotatable bonds is 8. The van der Waals surface area contributed by atoms with Gasteiger partial charge in [-0.05, 0) is 23.3 Å². The maximum atomic E-state index is 11.2. The summed E-state index contributed by atoms with van der Waals surface area (Å²) in [5.74, 6) is -1.62. The van der Waals surface area contributed by atoms with E-state index in [0.29, 0.717) is 0 Å². The number of phenols is 2. The van der Waals surface area contributed by atoms with Gasteiger partial charge in [-0.25, -0.2) is 0 Å². The van der Waals surface area contributed by atoms with Crippen LogP contribution in [0.2, 0.25) is 0 Å². The third-order valence-corrected chi connectivity index (χ3v) is 4.41.